The SMILES string of the molecule is COC(=O)c1ncc2c(Cl)cc(SCc3ccccc3)cn12. The molecule has 3 aromatic rings. The molecule has 0 saturated heterocycles. The number of carbonyl (C=O) groups is 1. The first kappa shape index (κ1) is 14.9. The number of benzene rings is 1. The number of thioether (sulfide) groups is 1. The number of imidazole rings is 1. The van der Waals surface area contributed by atoms with E-state index in [1.165, 1.54) is 12.7 Å². The Morgan fingerprint density at radius 3 is 2.86 bits per heavy atom. The van der Waals surface area contributed by atoms with E-state index in [0.29, 0.717) is 10.5 Å². The number of esters is 1. The van der Waals surface area contributed by atoms with Gasteiger partial charge in [-0.05, 0) is 11.6 Å². The number of carbonyl (C=O) groups excluding carboxylic acids is 1. The van der Waals surface area contributed by atoms with Crippen molar-refractivity contribution in [2.45, 2.75) is 10.6 Å². The van der Waals surface area contributed by atoms with Crippen molar-refractivity contribution >= 4 is 34.8 Å². The largest absolute Gasteiger partial charge is 0.463 e. The minimum atomic E-state index is -0.485. The van der Waals surface area contributed by atoms with Gasteiger partial charge in [0.05, 0.1) is 23.8 Å². The number of ether oxygens (including phenoxy) is 1. The predicted octanol–water partition coefficient (Wildman–Crippen LogP) is 4.07. The van der Waals surface area contributed by atoms with Crippen LogP contribution in [0.25, 0.3) is 5.52 Å². The maximum Gasteiger partial charge on any atom is 0.374 e. The number of methoxy groups -OCH3 is 1. The zero-order valence-corrected chi connectivity index (χ0v) is 13.4. The summed E-state index contributed by atoms with van der Waals surface area (Å²) in [6.45, 7) is 0. The molecule has 0 aliphatic heterocycles. The molecule has 0 atom stereocenters. The Hall–Kier alpha value is -1.98. The fourth-order valence-corrected chi connectivity index (χ4v) is 3.32. The summed E-state index contributed by atoms with van der Waals surface area (Å²) in [5.74, 6) is 0.563. The van der Waals surface area contributed by atoms with Crippen LogP contribution in [0.4, 0.5) is 0 Å². The zero-order valence-electron chi connectivity index (χ0n) is 11.8. The van der Waals surface area contributed by atoms with Crippen molar-refractivity contribution in [1.82, 2.24) is 9.38 Å². The minimum absolute atomic E-state index is 0.224. The number of rotatable bonds is 4. The molecule has 0 aliphatic carbocycles. The number of halogens is 1. The van der Waals surface area contributed by atoms with E-state index in [1.807, 2.05) is 30.5 Å². The van der Waals surface area contributed by atoms with Gasteiger partial charge in [-0.3, -0.25) is 4.40 Å². The van der Waals surface area contributed by atoms with Crippen LogP contribution in [0.15, 0.2) is 53.7 Å². The Bertz CT molecular complexity index is 818. The molecule has 0 amide bonds. The quantitative estimate of drug-likeness (QED) is 0.533. The third kappa shape index (κ3) is 2.96. The number of hydrogen-bond acceptors (Lipinski definition) is 4. The molecule has 0 bridgehead atoms. The Balaban J connectivity index is 1.92. The summed E-state index contributed by atoms with van der Waals surface area (Å²) in [6.07, 6.45) is 3.42. The second-order valence-electron chi connectivity index (χ2n) is 4.63. The summed E-state index contributed by atoms with van der Waals surface area (Å²) in [4.78, 5) is 16.8. The van der Waals surface area contributed by atoms with E-state index in [9.17, 15) is 4.79 Å². The standard InChI is InChI=1S/C16H13ClN2O2S/c1-21-16(20)15-18-8-14-13(17)7-12(9-19(14)15)22-10-11-5-3-2-4-6-11/h2-9H,10H2,1H3. The highest BCUT2D eigenvalue weighted by Gasteiger charge is 2.15. The summed E-state index contributed by atoms with van der Waals surface area (Å²) in [5, 5.41) is 0.556. The molecular formula is C16H13ClN2O2S. The maximum absolute atomic E-state index is 11.7. The van der Waals surface area contributed by atoms with Gasteiger partial charge in [-0.1, -0.05) is 41.9 Å². The van der Waals surface area contributed by atoms with Crippen molar-refractivity contribution in [2.24, 2.45) is 0 Å². The molecule has 3 rings (SSSR count). The lowest BCUT2D eigenvalue weighted by Gasteiger charge is -2.06. The first-order valence-corrected chi connectivity index (χ1v) is 7.97. The van der Waals surface area contributed by atoms with Gasteiger partial charge in [0.1, 0.15) is 0 Å². The van der Waals surface area contributed by atoms with Crippen molar-refractivity contribution in [3.8, 4) is 0 Å². The Morgan fingerprint density at radius 1 is 1.36 bits per heavy atom. The number of aromatic nitrogens is 2. The molecule has 22 heavy (non-hydrogen) atoms. The summed E-state index contributed by atoms with van der Waals surface area (Å²) >= 11 is 7.93. The molecule has 2 heterocycles. The first-order chi connectivity index (χ1) is 10.7. The van der Waals surface area contributed by atoms with Crippen molar-refractivity contribution in [2.75, 3.05) is 7.11 Å². The van der Waals surface area contributed by atoms with Gasteiger partial charge in [-0.15, -0.1) is 11.8 Å². The van der Waals surface area contributed by atoms with Crippen LogP contribution >= 0.6 is 23.4 Å². The van der Waals surface area contributed by atoms with Crippen LogP contribution in [0, 0.1) is 0 Å². The smallest absolute Gasteiger partial charge is 0.374 e. The fraction of sp³-hybridized carbons (Fsp3) is 0.125. The number of pyridine rings is 1. The molecule has 2 aromatic heterocycles. The van der Waals surface area contributed by atoms with E-state index in [-0.39, 0.29) is 5.82 Å². The Morgan fingerprint density at radius 2 is 2.14 bits per heavy atom. The van der Waals surface area contributed by atoms with E-state index >= 15 is 0 Å². The highest BCUT2D eigenvalue weighted by molar-refractivity contribution is 7.98. The topological polar surface area (TPSA) is 43.6 Å². The first-order valence-electron chi connectivity index (χ1n) is 6.60. The summed E-state index contributed by atoms with van der Waals surface area (Å²) < 4.78 is 6.41. The Labute approximate surface area is 137 Å². The number of fused-ring (bicyclic) bond motifs is 1. The molecular weight excluding hydrogens is 320 g/mol. The lowest BCUT2D eigenvalue weighted by molar-refractivity contribution is 0.0586. The molecule has 0 aliphatic rings. The van der Waals surface area contributed by atoms with Gasteiger partial charge >= 0.3 is 5.97 Å². The summed E-state index contributed by atoms with van der Waals surface area (Å²) in [7, 11) is 1.33. The lowest BCUT2D eigenvalue weighted by atomic mass is 10.2. The average molecular weight is 333 g/mol. The molecule has 0 saturated carbocycles. The molecule has 112 valence electrons. The highest BCUT2D eigenvalue weighted by atomic mass is 35.5. The normalized spacial score (nSPS) is 10.8. The molecule has 4 nitrogen and oxygen atoms in total. The second kappa shape index (κ2) is 6.42. The number of nitrogens with zero attached hydrogens (tertiary/aromatic N) is 2. The van der Waals surface area contributed by atoms with Gasteiger partial charge in [0.2, 0.25) is 5.82 Å². The molecule has 0 spiro atoms. The lowest BCUT2D eigenvalue weighted by Crippen LogP contribution is -2.07. The number of hydrogen-bond donors (Lipinski definition) is 0. The van der Waals surface area contributed by atoms with Crippen LogP contribution in [0.3, 0.4) is 0 Å². The van der Waals surface area contributed by atoms with E-state index < -0.39 is 5.97 Å². The van der Waals surface area contributed by atoms with Crippen LogP contribution in [0.5, 0.6) is 0 Å². The highest BCUT2D eigenvalue weighted by Crippen LogP contribution is 2.28. The van der Waals surface area contributed by atoms with E-state index in [0.717, 1.165) is 10.6 Å². The fourth-order valence-electron chi connectivity index (χ4n) is 2.09. The van der Waals surface area contributed by atoms with Crippen LogP contribution in [0.2, 0.25) is 5.02 Å². The average Bonchev–Trinajstić information content (AvgIpc) is 2.97. The van der Waals surface area contributed by atoms with Gasteiger partial charge in [-0.25, -0.2) is 9.78 Å². The van der Waals surface area contributed by atoms with Crippen molar-refractivity contribution in [3.05, 3.63) is 65.2 Å². The third-order valence-corrected chi connectivity index (χ3v) is 4.52. The van der Waals surface area contributed by atoms with E-state index in [1.54, 1.807) is 22.4 Å². The van der Waals surface area contributed by atoms with Gasteiger partial charge in [-0.2, -0.15) is 0 Å². The zero-order chi connectivity index (χ0) is 15.5. The van der Waals surface area contributed by atoms with Crippen LogP contribution in [-0.4, -0.2) is 22.5 Å². The van der Waals surface area contributed by atoms with Crippen LogP contribution < -0.4 is 0 Å². The van der Waals surface area contributed by atoms with Crippen molar-refractivity contribution in [1.29, 1.82) is 0 Å². The van der Waals surface area contributed by atoms with Gasteiger partial charge < -0.3 is 4.74 Å². The molecule has 0 radical (unpaired) electrons. The Kier molecular flexibility index (Phi) is 4.36. The van der Waals surface area contributed by atoms with Gasteiger partial charge in [0.15, 0.2) is 0 Å². The van der Waals surface area contributed by atoms with E-state index in [2.05, 4.69) is 17.1 Å². The molecule has 1 aromatic carbocycles. The summed E-state index contributed by atoms with van der Waals surface area (Å²) in [6, 6.07) is 12.0. The predicted molar refractivity (Wildman–Crippen MR) is 87.5 cm³/mol. The van der Waals surface area contributed by atoms with Crippen LogP contribution in [0.1, 0.15) is 16.2 Å². The van der Waals surface area contributed by atoms with E-state index in [4.69, 9.17) is 16.3 Å². The molecule has 0 N–H and O–H groups in total. The monoisotopic (exact) mass is 332 g/mol. The van der Waals surface area contributed by atoms with Crippen LogP contribution in [-0.2, 0) is 10.5 Å². The second-order valence-corrected chi connectivity index (χ2v) is 6.08. The minimum Gasteiger partial charge on any atom is -0.463 e. The molecule has 0 unspecified atom stereocenters. The summed E-state index contributed by atoms with van der Waals surface area (Å²) in [5.41, 5.74) is 1.91. The molecule has 0 fully saturated rings. The maximum atomic E-state index is 11.7. The van der Waals surface area contributed by atoms with Crippen molar-refractivity contribution in [3.63, 3.8) is 0 Å². The van der Waals surface area contributed by atoms with Crippen molar-refractivity contribution < 1.29 is 9.53 Å². The molecule has 6 heteroatoms. The van der Waals surface area contributed by atoms with Gasteiger partial charge in [0, 0.05) is 16.8 Å². The third-order valence-electron chi connectivity index (χ3n) is 3.18. The van der Waals surface area contributed by atoms with Gasteiger partial charge in [0.25, 0.3) is 0 Å².